The van der Waals surface area contributed by atoms with Crippen LogP contribution in [0.15, 0.2) is 0 Å². The van der Waals surface area contributed by atoms with Gasteiger partial charge in [-0.05, 0) is 12.8 Å². The normalized spacial score (nSPS) is 11.8. The molecule has 0 aliphatic heterocycles. The van der Waals surface area contributed by atoms with E-state index < -0.39 is 6.04 Å². The van der Waals surface area contributed by atoms with Crippen LogP contribution >= 0.6 is 0 Å². The van der Waals surface area contributed by atoms with Gasteiger partial charge >= 0.3 is 0 Å². The Labute approximate surface area is 85.2 Å². The minimum Gasteiger partial charge on any atom is -0.383 e. The largest absolute Gasteiger partial charge is 0.383 e. The number of carbonyl (C=O) groups excluding carboxylic acids is 1. The molecule has 4 heteroatoms. The van der Waals surface area contributed by atoms with Crippen LogP contribution in [0.4, 0.5) is 0 Å². The van der Waals surface area contributed by atoms with Gasteiger partial charge in [0, 0.05) is 20.1 Å². The second-order valence-electron chi connectivity index (χ2n) is 3.01. The van der Waals surface area contributed by atoms with Gasteiger partial charge in [-0.25, -0.2) is 0 Å². The minimum absolute atomic E-state index is 0.174. The number of nitrogens with two attached hydrogens (primary N) is 1. The lowest BCUT2D eigenvalue weighted by molar-refractivity contribution is -0.123. The lowest BCUT2D eigenvalue weighted by Gasteiger charge is -2.10. The van der Waals surface area contributed by atoms with Crippen molar-refractivity contribution in [2.45, 2.75) is 25.3 Å². The molecule has 0 fully saturated rings. The Morgan fingerprint density at radius 3 is 2.93 bits per heavy atom. The summed E-state index contributed by atoms with van der Waals surface area (Å²) in [6, 6.07) is -0.576. The zero-order chi connectivity index (χ0) is 10.8. The van der Waals surface area contributed by atoms with Crippen molar-refractivity contribution in [2.75, 3.05) is 20.3 Å². The van der Waals surface area contributed by atoms with Gasteiger partial charge in [0.1, 0.15) is 6.04 Å². The van der Waals surface area contributed by atoms with Crippen LogP contribution < -0.4 is 11.1 Å². The molecule has 0 saturated heterocycles. The Kier molecular flexibility index (Phi) is 7.90. The molecule has 0 aromatic heterocycles. The summed E-state index contributed by atoms with van der Waals surface area (Å²) in [5.41, 5.74) is 5.50. The fraction of sp³-hybridized carbons (Fsp3) is 0.700. The highest BCUT2D eigenvalue weighted by molar-refractivity contribution is 5.81. The maximum atomic E-state index is 11.2. The van der Waals surface area contributed by atoms with Gasteiger partial charge in [0.2, 0.25) is 5.91 Å². The highest BCUT2D eigenvalue weighted by atomic mass is 16.5. The third kappa shape index (κ3) is 6.46. The average molecular weight is 198 g/mol. The highest BCUT2D eigenvalue weighted by Crippen LogP contribution is 1.91. The zero-order valence-electron chi connectivity index (χ0n) is 8.58. The van der Waals surface area contributed by atoms with Crippen molar-refractivity contribution in [1.82, 2.24) is 5.32 Å². The van der Waals surface area contributed by atoms with E-state index in [0.29, 0.717) is 6.54 Å². The lowest BCUT2D eigenvalue weighted by atomic mass is 10.2. The van der Waals surface area contributed by atoms with Crippen molar-refractivity contribution >= 4 is 5.91 Å². The van der Waals surface area contributed by atoms with Crippen LogP contribution in [0.25, 0.3) is 0 Å². The topological polar surface area (TPSA) is 64.4 Å². The summed E-state index contributed by atoms with van der Waals surface area (Å²) in [5.74, 6) is 2.37. The molecule has 0 aliphatic rings. The van der Waals surface area contributed by atoms with Gasteiger partial charge in [0.15, 0.2) is 0 Å². The van der Waals surface area contributed by atoms with Gasteiger partial charge in [-0.1, -0.05) is 0 Å². The molecule has 1 unspecified atom stereocenters. The number of methoxy groups -OCH3 is 1. The molecule has 80 valence electrons. The summed E-state index contributed by atoms with van der Waals surface area (Å²) in [4.78, 5) is 11.2. The summed E-state index contributed by atoms with van der Waals surface area (Å²) in [7, 11) is 1.51. The third-order valence-corrected chi connectivity index (χ3v) is 1.73. The van der Waals surface area contributed by atoms with Crippen LogP contribution in [-0.2, 0) is 9.53 Å². The molecule has 14 heavy (non-hydrogen) atoms. The lowest BCUT2D eigenvalue weighted by Crippen LogP contribution is -2.43. The summed E-state index contributed by atoms with van der Waals surface area (Å²) in [5, 5.41) is 2.71. The van der Waals surface area contributed by atoms with Crippen LogP contribution in [0.3, 0.4) is 0 Å². The fourth-order valence-corrected chi connectivity index (χ4v) is 0.950. The molecule has 0 bridgehead atoms. The third-order valence-electron chi connectivity index (χ3n) is 1.73. The molecule has 3 N–H and O–H groups in total. The van der Waals surface area contributed by atoms with E-state index in [2.05, 4.69) is 11.2 Å². The summed E-state index contributed by atoms with van der Waals surface area (Å²) in [6.45, 7) is 0.869. The number of hydrogen-bond acceptors (Lipinski definition) is 3. The summed E-state index contributed by atoms with van der Waals surface area (Å²) < 4.78 is 4.76. The Bertz CT molecular complexity index is 199. The average Bonchev–Trinajstić information content (AvgIpc) is 2.17. The predicted molar refractivity (Wildman–Crippen MR) is 55.5 cm³/mol. The van der Waals surface area contributed by atoms with Crippen molar-refractivity contribution in [3.05, 3.63) is 0 Å². The Morgan fingerprint density at radius 1 is 1.64 bits per heavy atom. The van der Waals surface area contributed by atoms with Gasteiger partial charge in [-0.15, -0.1) is 12.3 Å². The molecule has 0 saturated carbocycles. The van der Waals surface area contributed by atoms with Gasteiger partial charge in [0.25, 0.3) is 0 Å². The number of unbranched alkanes of at least 4 members (excludes halogenated alkanes) is 2. The molecule has 0 aromatic rings. The van der Waals surface area contributed by atoms with Crippen LogP contribution in [0.2, 0.25) is 0 Å². The van der Waals surface area contributed by atoms with Crippen LogP contribution in [0, 0.1) is 12.3 Å². The SMILES string of the molecule is C#CCCCCNC(=O)C(N)COC. The fourth-order valence-electron chi connectivity index (χ4n) is 0.950. The molecule has 1 amide bonds. The first-order chi connectivity index (χ1) is 6.72. The maximum absolute atomic E-state index is 11.2. The zero-order valence-corrected chi connectivity index (χ0v) is 8.58. The predicted octanol–water partition coefficient (Wildman–Crippen LogP) is -0.120. The van der Waals surface area contributed by atoms with E-state index in [1.807, 2.05) is 0 Å². The summed E-state index contributed by atoms with van der Waals surface area (Å²) >= 11 is 0. The number of carbonyl (C=O) groups is 1. The number of rotatable bonds is 7. The van der Waals surface area contributed by atoms with E-state index in [0.717, 1.165) is 19.3 Å². The van der Waals surface area contributed by atoms with Crippen molar-refractivity contribution in [3.8, 4) is 12.3 Å². The van der Waals surface area contributed by atoms with Crippen molar-refractivity contribution in [3.63, 3.8) is 0 Å². The van der Waals surface area contributed by atoms with Gasteiger partial charge in [-0.2, -0.15) is 0 Å². The minimum atomic E-state index is -0.576. The Morgan fingerprint density at radius 2 is 2.36 bits per heavy atom. The van der Waals surface area contributed by atoms with E-state index in [1.54, 1.807) is 0 Å². The number of terminal acetylenes is 1. The second-order valence-corrected chi connectivity index (χ2v) is 3.01. The molecule has 0 aromatic carbocycles. The van der Waals surface area contributed by atoms with Crippen LogP contribution in [0.1, 0.15) is 19.3 Å². The molecule has 4 nitrogen and oxygen atoms in total. The number of amides is 1. The smallest absolute Gasteiger partial charge is 0.239 e. The number of nitrogens with one attached hydrogen (secondary N) is 1. The van der Waals surface area contributed by atoms with Gasteiger partial charge < -0.3 is 15.8 Å². The second kappa shape index (κ2) is 8.54. The summed E-state index contributed by atoms with van der Waals surface area (Å²) in [6.07, 6.45) is 7.65. The van der Waals surface area contributed by atoms with Gasteiger partial charge in [-0.3, -0.25) is 4.79 Å². The molecular formula is C10H18N2O2. The molecule has 1 atom stereocenters. The van der Waals surface area contributed by atoms with Crippen molar-refractivity contribution in [2.24, 2.45) is 5.73 Å². The van der Waals surface area contributed by atoms with Gasteiger partial charge in [0.05, 0.1) is 6.61 Å². The molecular weight excluding hydrogens is 180 g/mol. The molecule has 0 heterocycles. The molecule has 0 spiro atoms. The Balaban J connectivity index is 3.40. The number of ether oxygens (including phenoxy) is 1. The van der Waals surface area contributed by atoms with Crippen molar-refractivity contribution < 1.29 is 9.53 Å². The Hall–Kier alpha value is -1.05. The van der Waals surface area contributed by atoms with E-state index in [4.69, 9.17) is 16.9 Å². The van der Waals surface area contributed by atoms with E-state index in [-0.39, 0.29) is 12.5 Å². The first kappa shape index (κ1) is 12.9. The first-order valence-electron chi connectivity index (χ1n) is 4.68. The maximum Gasteiger partial charge on any atom is 0.239 e. The van der Waals surface area contributed by atoms with Crippen molar-refractivity contribution in [1.29, 1.82) is 0 Å². The van der Waals surface area contributed by atoms with Crippen LogP contribution in [0.5, 0.6) is 0 Å². The van der Waals surface area contributed by atoms with Crippen LogP contribution in [-0.4, -0.2) is 32.2 Å². The molecule has 0 aliphatic carbocycles. The quantitative estimate of drug-likeness (QED) is 0.443. The monoisotopic (exact) mass is 198 g/mol. The standard InChI is InChI=1S/C10H18N2O2/c1-3-4-5-6-7-12-10(13)9(11)8-14-2/h1,9H,4-8,11H2,2H3,(H,12,13). The van der Waals surface area contributed by atoms with E-state index in [1.165, 1.54) is 7.11 Å². The van der Waals surface area contributed by atoms with E-state index in [9.17, 15) is 4.79 Å². The highest BCUT2D eigenvalue weighted by Gasteiger charge is 2.11. The molecule has 0 rings (SSSR count). The molecule has 0 radical (unpaired) electrons. The van der Waals surface area contributed by atoms with E-state index >= 15 is 0 Å². The first-order valence-corrected chi connectivity index (χ1v) is 4.68. The number of hydrogen-bond donors (Lipinski definition) is 2.